The van der Waals surface area contributed by atoms with Gasteiger partial charge in [-0.3, -0.25) is 4.79 Å². The Kier molecular flexibility index (Phi) is 2.94. The lowest BCUT2D eigenvalue weighted by Crippen LogP contribution is -2.35. The minimum Gasteiger partial charge on any atom is -0.372 e. The van der Waals surface area contributed by atoms with Crippen LogP contribution in [0.4, 0.5) is 5.82 Å². The Labute approximate surface area is 107 Å². The van der Waals surface area contributed by atoms with Gasteiger partial charge >= 0.3 is 0 Å². The molecule has 1 amide bonds. The van der Waals surface area contributed by atoms with Crippen molar-refractivity contribution in [1.82, 2.24) is 9.88 Å². The molecule has 2 saturated carbocycles. The summed E-state index contributed by atoms with van der Waals surface area (Å²) in [6.07, 6.45) is 6.59. The van der Waals surface area contributed by atoms with Crippen LogP contribution in [0.25, 0.3) is 0 Å². The van der Waals surface area contributed by atoms with Crippen molar-refractivity contribution in [2.24, 2.45) is 5.92 Å². The molecule has 0 radical (unpaired) electrons. The first-order valence-electron chi connectivity index (χ1n) is 6.73. The van der Waals surface area contributed by atoms with Crippen LogP contribution in [-0.4, -0.2) is 35.4 Å². The van der Waals surface area contributed by atoms with Crippen LogP contribution < -0.4 is 5.32 Å². The second-order valence-electron chi connectivity index (χ2n) is 5.28. The Bertz CT molecular complexity index is 452. The van der Waals surface area contributed by atoms with E-state index in [1.54, 1.807) is 6.20 Å². The van der Waals surface area contributed by atoms with E-state index in [9.17, 15) is 4.79 Å². The first-order valence-corrected chi connectivity index (χ1v) is 6.73. The largest absolute Gasteiger partial charge is 0.372 e. The molecule has 18 heavy (non-hydrogen) atoms. The first kappa shape index (κ1) is 11.5. The number of pyridine rings is 1. The molecule has 0 spiro atoms. The van der Waals surface area contributed by atoms with Gasteiger partial charge in [0.05, 0.1) is 5.56 Å². The van der Waals surface area contributed by atoms with Crippen LogP contribution in [0.1, 0.15) is 36.0 Å². The third-order valence-corrected chi connectivity index (χ3v) is 3.68. The van der Waals surface area contributed by atoms with Gasteiger partial charge in [0.2, 0.25) is 0 Å². The molecule has 0 atom stereocenters. The van der Waals surface area contributed by atoms with E-state index in [-0.39, 0.29) is 5.91 Å². The highest BCUT2D eigenvalue weighted by atomic mass is 16.2. The van der Waals surface area contributed by atoms with Crippen LogP contribution in [0, 0.1) is 5.92 Å². The van der Waals surface area contributed by atoms with E-state index in [0.717, 1.165) is 25.3 Å². The molecule has 4 nitrogen and oxygen atoms in total. The molecule has 0 aromatic carbocycles. The van der Waals surface area contributed by atoms with Crippen molar-refractivity contribution in [3.05, 3.63) is 23.9 Å². The van der Waals surface area contributed by atoms with Gasteiger partial charge in [-0.15, -0.1) is 0 Å². The average Bonchev–Trinajstić information content (AvgIpc) is 3.28. The third kappa shape index (κ3) is 2.33. The van der Waals surface area contributed by atoms with Gasteiger partial charge in [-0.25, -0.2) is 4.98 Å². The quantitative estimate of drug-likeness (QED) is 0.864. The molecule has 3 rings (SSSR count). The molecule has 0 aliphatic heterocycles. The summed E-state index contributed by atoms with van der Waals surface area (Å²) >= 11 is 0. The maximum Gasteiger partial charge on any atom is 0.257 e. The van der Waals surface area contributed by atoms with Crippen LogP contribution in [-0.2, 0) is 0 Å². The highest BCUT2D eigenvalue weighted by molar-refractivity contribution is 5.99. The lowest BCUT2D eigenvalue weighted by molar-refractivity contribution is 0.0735. The molecule has 0 bridgehead atoms. The lowest BCUT2D eigenvalue weighted by atomic mass is 10.2. The smallest absolute Gasteiger partial charge is 0.257 e. The van der Waals surface area contributed by atoms with E-state index < -0.39 is 0 Å². The maximum atomic E-state index is 12.6. The predicted molar refractivity (Wildman–Crippen MR) is 70.6 cm³/mol. The standard InChI is InChI=1S/C14H19N3O/c1-15-13-12(3-2-8-16-13)14(18)17(11-6-7-11)9-10-4-5-10/h2-3,8,10-11H,4-7,9H2,1H3,(H,15,16). The summed E-state index contributed by atoms with van der Waals surface area (Å²) in [5.74, 6) is 1.56. The number of amides is 1. The molecule has 1 heterocycles. The monoisotopic (exact) mass is 245 g/mol. The summed E-state index contributed by atoms with van der Waals surface area (Å²) in [4.78, 5) is 18.9. The minimum absolute atomic E-state index is 0.141. The van der Waals surface area contributed by atoms with Gasteiger partial charge in [-0.05, 0) is 43.7 Å². The van der Waals surface area contributed by atoms with Crippen LogP contribution in [0.5, 0.6) is 0 Å². The Morgan fingerprint density at radius 3 is 2.83 bits per heavy atom. The summed E-state index contributed by atoms with van der Waals surface area (Å²) in [6, 6.07) is 4.17. The molecule has 0 unspecified atom stereocenters. The SMILES string of the molecule is CNc1ncccc1C(=O)N(CC1CC1)C1CC1. The summed E-state index contributed by atoms with van der Waals surface area (Å²) in [7, 11) is 1.81. The zero-order valence-corrected chi connectivity index (χ0v) is 10.7. The zero-order valence-electron chi connectivity index (χ0n) is 10.7. The number of aromatic nitrogens is 1. The van der Waals surface area contributed by atoms with Crippen LogP contribution in [0.3, 0.4) is 0 Å². The normalized spacial score (nSPS) is 18.5. The number of nitrogens with one attached hydrogen (secondary N) is 1. The highest BCUT2D eigenvalue weighted by Crippen LogP contribution is 2.36. The molecule has 4 heteroatoms. The van der Waals surface area contributed by atoms with Crippen molar-refractivity contribution in [2.75, 3.05) is 18.9 Å². The van der Waals surface area contributed by atoms with Gasteiger partial charge in [0.1, 0.15) is 5.82 Å². The van der Waals surface area contributed by atoms with Crippen LogP contribution in [0.15, 0.2) is 18.3 Å². The van der Waals surface area contributed by atoms with Gasteiger partial charge in [0.15, 0.2) is 0 Å². The van der Waals surface area contributed by atoms with E-state index in [1.807, 2.05) is 19.2 Å². The van der Waals surface area contributed by atoms with Crippen molar-refractivity contribution in [1.29, 1.82) is 0 Å². The van der Waals surface area contributed by atoms with Gasteiger partial charge in [-0.1, -0.05) is 0 Å². The number of hydrogen-bond donors (Lipinski definition) is 1. The number of nitrogens with zero attached hydrogens (tertiary/aromatic N) is 2. The molecule has 2 fully saturated rings. The number of rotatable bonds is 5. The molecule has 2 aliphatic carbocycles. The predicted octanol–water partition coefficient (Wildman–Crippen LogP) is 2.14. The maximum absolute atomic E-state index is 12.6. The second kappa shape index (κ2) is 4.59. The Morgan fingerprint density at radius 2 is 2.22 bits per heavy atom. The van der Waals surface area contributed by atoms with Crippen molar-refractivity contribution >= 4 is 11.7 Å². The molecule has 1 N–H and O–H groups in total. The van der Waals surface area contributed by atoms with Gasteiger partial charge in [-0.2, -0.15) is 0 Å². The van der Waals surface area contributed by atoms with E-state index in [1.165, 1.54) is 12.8 Å². The Morgan fingerprint density at radius 1 is 1.44 bits per heavy atom. The number of anilines is 1. The molecule has 1 aromatic rings. The fourth-order valence-corrected chi connectivity index (χ4v) is 2.29. The molecule has 96 valence electrons. The highest BCUT2D eigenvalue weighted by Gasteiger charge is 2.37. The fraction of sp³-hybridized carbons (Fsp3) is 0.571. The van der Waals surface area contributed by atoms with Crippen molar-refractivity contribution in [2.45, 2.75) is 31.7 Å². The summed E-state index contributed by atoms with van der Waals surface area (Å²) < 4.78 is 0. The van der Waals surface area contributed by atoms with Gasteiger partial charge < -0.3 is 10.2 Å². The third-order valence-electron chi connectivity index (χ3n) is 3.68. The van der Waals surface area contributed by atoms with E-state index in [2.05, 4.69) is 15.2 Å². The van der Waals surface area contributed by atoms with Crippen LogP contribution >= 0.6 is 0 Å². The van der Waals surface area contributed by atoms with E-state index >= 15 is 0 Å². The van der Waals surface area contributed by atoms with Gasteiger partial charge in [0, 0.05) is 25.8 Å². The van der Waals surface area contributed by atoms with Crippen molar-refractivity contribution < 1.29 is 4.79 Å². The number of carbonyl (C=O) groups excluding carboxylic acids is 1. The summed E-state index contributed by atoms with van der Waals surface area (Å²) in [5, 5.41) is 3.00. The molecule has 2 aliphatic rings. The molecule has 0 saturated heterocycles. The summed E-state index contributed by atoms with van der Waals surface area (Å²) in [5.41, 5.74) is 0.701. The average molecular weight is 245 g/mol. The second-order valence-corrected chi connectivity index (χ2v) is 5.28. The Balaban J connectivity index is 1.81. The van der Waals surface area contributed by atoms with Crippen LogP contribution in [0.2, 0.25) is 0 Å². The van der Waals surface area contributed by atoms with E-state index in [0.29, 0.717) is 17.4 Å². The molecular formula is C14H19N3O. The molecule has 1 aromatic heterocycles. The zero-order chi connectivity index (χ0) is 12.5. The fourth-order valence-electron chi connectivity index (χ4n) is 2.29. The van der Waals surface area contributed by atoms with Crippen molar-refractivity contribution in [3.8, 4) is 0 Å². The minimum atomic E-state index is 0.141. The topological polar surface area (TPSA) is 45.2 Å². The van der Waals surface area contributed by atoms with E-state index in [4.69, 9.17) is 0 Å². The van der Waals surface area contributed by atoms with Crippen molar-refractivity contribution in [3.63, 3.8) is 0 Å². The number of carbonyl (C=O) groups is 1. The first-order chi connectivity index (χ1) is 8.79. The van der Waals surface area contributed by atoms with Gasteiger partial charge in [0.25, 0.3) is 5.91 Å². The Hall–Kier alpha value is -1.58. The summed E-state index contributed by atoms with van der Waals surface area (Å²) in [6.45, 7) is 0.932. The molecular weight excluding hydrogens is 226 g/mol. The number of hydrogen-bond acceptors (Lipinski definition) is 3. The lowest BCUT2D eigenvalue weighted by Gasteiger charge is -2.23.